The van der Waals surface area contributed by atoms with Gasteiger partial charge in [-0.1, -0.05) is 15.9 Å². The minimum absolute atomic E-state index is 0.256. The zero-order valence-electron chi connectivity index (χ0n) is 12.6. The molecule has 0 fully saturated rings. The van der Waals surface area contributed by atoms with Crippen molar-refractivity contribution in [3.63, 3.8) is 0 Å². The molecule has 6 nitrogen and oxygen atoms in total. The topological polar surface area (TPSA) is 76.7 Å². The highest BCUT2D eigenvalue weighted by atomic mass is 79.9. The standard InChI is InChI=1S/C16H15BrN2O4/c1-22-12-6-4-11(5-7-12)18-16(21)19-14-8-3-10(17)9-13(14)15(20)23-2/h3-9H,1-2H3,(H2,18,19,21). The zero-order valence-corrected chi connectivity index (χ0v) is 14.1. The van der Waals surface area contributed by atoms with E-state index >= 15 is 0 Å². The number of halogens is 1. The van der Waals surface area contributed by atoms with E-state index in [-0.39, 0.29) is 5.56 Å². The van der Waals surface area contributed by atoms with Gasteiger partial charge in [0.05, 0.1) is 25.5 Å². The van der Waals surface area contributed by atoms with Crippen LogP contribution in [0.2, 0.25) is 0 Å². The van der Waals surface area contributed by atoms with Crippen LogP contribution in [0, 0.1) is 0 Å². The molecule has 0 saturated carbocycles. The van der Waals surface area contributed by atoms with Gasteiger partial charge in [-0.15, -0.1) is 0 Å². The molecule has 0 unspecified atom stereocenters. The molecule has 23 heavy (non-hydrogen) atoms. The van der Waals surface area contributed by atoms with Crippen molar-refractivity contribution in [3.05, 3.63) is 52.5 Å². The van der Waals surface area contributed by atoms with Crippen molar-refractivity contribution < 1.29 is 19.1 Å². The fraction of sp³-hybridized carbons (Fsp3) is 0.125. The molecule has 2 rings (SSSR count). The Hall–Kier alpha value is -2.54. The van der Waals surface area contributed by atoms with Gasteiger partial charge in [0.25, 0.3) is 0 Å². The predicted octanol–water partition coefficient (Wildman–Crippen LogP) is 3.89. The second-order valence-corrected chi connectivity index (χ2v) is 5.40. The number of amides is 2. The highest BCUT2D eigenvalue weighted by Gasteiger charge is 2.14. The van der Waals surface area contributed by atoms with E-state index in [0.717, 1.165) is 0 Å². The molecule has 7 heteroatoms. The lowest BCUT2D eigenvalue weighted by Gasteiger charge is -2.11. The van der Waals surface area contributed by atoms with Crippen molar-refractivity contribution in [1.29, 1.82) is 0 Å². The SMILES string of the molecule is COC(=O)c1cc(Br)ccc1NC(=O)Nc1ccc(OC)cc1. The molecule has 2 amide bonds. The Labute approximate surface area is 141 Å². The van der Waals surface area contributed by atoms with Crippen molar-refractivity contribution in [1.82, 2.24) is 0 Å². The van der Waals surface area contributed by atoms with Gasteiger partial charge in [0, 0.05) is 10.2 Å². The van der Waals surface area contributed by atoms with E-state index in [1.54, 1.807) is 49.6 Å². The largest absolute Gasteiger partial charge is 0.497 e. The van der Waals surface area contributed by atoms with Crippen LogP contribution in [-0.2, 0) is 4.74 Å². The molecule has 120 valence electrons. The maximum Gasteiger partial charge on any atom is 0.340 e. The molecule has 2 aromatic rings. The molecular weight excluding hydrogens is 364 g/mol. The number of hydrogen-bond donors (Lipinski definition) is 2. The first-order valence-corrected chi connectivity index (χ1v) is 7.42. The molecule has 0 saturated heterocycles. The van der Waals surface area contributed by atoms with E-state index in [1.165, 1.54) is 7.11 Å². The van der Waals surface area contributed by atoms with E-state index in [0.29, 0.717) is 21.6 Å². The van der Waals surface area contributed by atoms with Gasteiger partial charge in [0.1, 0.15) is 5.75 Å². The average molecular weight is 379 g/mol. The number of hydrogen-bond acceptors (Lipinski definition) is 4. The fourth-order valence-electron chi connectivity index (χ4n) is 1.86. The molecule has 0 aliphatic heterocycles. The first-order valence-electron chi connectivity index (χ1n) is 6.63. The van der Waals surface area contributed by atoms with Gasteiger partial charge < -0.3 is 20.1 Å². The third-order valence-corrected chi connectivity index (χ3v) is 3.48. The van der Waals surface area contributed by atoms with Crippen LogP contribution in [0.5, 0.6) is 5.75 Å². The summed E-state index contributed by atoms with van der Waals surface area (Å²) in [5.74, 6) is 0.155. The predicted molar refractivity (Wildman–Crippen MR) is 91.1 cm³/mol. The van der Waals surface area contributed by atoms with Crippen molar-refractivity contribution in [2.45, 2.75) is 0 Å². The summed E-state index contributed by atoms with van der Waals surface area (Å²) in [7, 11) is 2.85. The summed E-state index contributed by atoms with van der Waals surface area (Å²) in [6, 6.07) is 11.3. The molecule has 0 spiro atoms. The smallest absolute Gasteiger partial charge is 0.340 e. The molecule has 2 aromatic carbocycles. The molecule has 0 aromatic heterocycles. The second kappa shape index (κ2) is 7.64. The molecule has 0 bridgehead atoms. The van der Waals surface area contributed by atoms with Crippen molar-refractivity contribution in [2.24, 2.45) is 0 Å². The van der Waals surface area contributed by atoms with Gasteiger partial charge in [-0.05, 0) is 42.5 Å². The molecule has 0 aliphatic rings. The molecule has 0 atom stereocenters. The Kier molecular flexibility index (Phi) is 5.59. The van der Waals surface area contributed by atoms with Crippen LogP contribution < -0.4 is 15.4 Å². The number of ether oxygens (including phenoxy) is 2. The van der Waals surface area contributed by atoms with Crippen molar-refractivity contribution in [2.75, 3.05) is 24.9 Å². The number of benzene rings is 2. The Bertz CT molecular complexity index is 717. The van der Waals surface area contributed by atoms with Crippen LogP contribution in [0.4, 0.5) is 16.2 Å². The van der Waals surface area contributed by atoms with Crippen LogP contribution in [0.15, 0.2) is 46.9 Å². The lowest BCUT2D eigenvalue weighted by atomic mass is 10.2. The molecule has 0 heterocycles. The minimum atomic E-state index is -0.536. The highest BCUT2D eigenvalue weighted by molar-refractivity contribution is 9.10. The first-order chi connectivity index (χ1) is 11.0. The Morgan fingerprint density at radius 3 is 2.30 bits per heavy atom. The van der Waals surface area contributed by atoms with Gasteiger partial charge in [-0.2, -0.15) is 0 Å². The van der Waals surface area contributed by atoms with Gasteiger partial charge >= 0.3 is 12.0 Å². The van der Waals surface area contributed by atoms with Gasteiger partial charge in [-0.25, -0.2) is 9.59 Å². The molecule has 0 radical (unpaired) electrons. The number of carbonyl (C=O) groups excluding carboxylic acids is 2. The maximum atomic E-state index is 12.1. The Morgan fingerprint density at radius 2 is 1.70 bits per heavy atom. The summed E-state index contributed by atoms with van der Waals surface area (Å²) >= 11 is 3.28. The molecule has 0 aliphatic carbocycles. The first kappa shape index (κ1) is 16.8. The zero-order chi connectivity index (χ0) is 16.8. The number of methoxy groups -OCH3 is 2. The number of nitrogens with one attached hydrogen (secondary N) is 2. The van der Waals surface area contributed by atoms with Crippen molar-refractivity contribution in [3.8, 4) is 5.75 Å². The van der Waals surface area contributed by atoms with E-state index in [9.17, 15) is 9.59 Å². The summed E-state index contributed by atoms with van der Waals surface area (Å²) < 4.78 is 10.5. The summed E-state index contributed by atoms with van der Waals surface area (Å²) in [6.07, 6.45) is 0. The third-order valence-electron chi connectivity index (χ3n) is 2.98. The van der Waals surface area contributed by atoms with Crippen LogP contribution in [0.1, 0.15) is 10.4 Å². The Balaban J connectivity index is 2.11. The van der Waals surface area contributed by atoms with Crippen LogP contribution in [0.25, 0.3) is 0 Å². The number of esters is 1. The molecule has 2 N–H and O–H groups in total. The number of urea groups is 1. The van der Waals surface area contributed by atoms with Crippen molar-refractivity contribution >= 4 is 39.3 Å². The van der Waals surface area contributed by atoms with Crippen LogP contribution >= 0.6 is 15.9 Å². The number of anilines is 2. The number of carbonyl (C=O) groups is 2. The van der Waals surface area contributed by atoms with Gasteiger partial charge in [0.2, 0.25) is 0 Å². The fourth-order valence-corrected chi connectivity index (χ4v) is 2.22. The third kappa shape index (κ3) is 4.46. The summed E-state index contributed by atoms with van der Waals surface area (Å²) in [5, 5.41) is 5.30. The summed E-state index contributed by atoms with van der Waals surface area (Å²) in [6.45, 7) is 0. The number of rotatable bonds is 4. The monoisotopic (exact) mass is 378 g/mol. The maximum absolute atomic E-state index is 12.1. The van der Waals surface area contributed by atoms with Crippen LogP contribution in [-0.4, -0.2) is 26.2 Å². The van der Waals surface area contributed by atoms with E-state index in [1.807, 2.05) is 0 Å². The lowest BCUT2D eigenvalue weighted by Crippen LogP contribution is -2.21. The van der Waals surface area contributed by atoms with Gasteiger partial charge in [0.15, 0.2) is 0 Å². The molecular formula is C16H15BrN2O4. The van der Waals surface area contributed by atoms with Gasteiger partial charge in [-0.3, -0.25) is 0 Å². The average Bonchev–Trinajstić information content (AvgIpc) is 2.56. The second-order valence-electron chi connectivity index (χ2n) is 4.49. The van der Waals surface area contributed by atoms with E-state index in [4.69, 9.17) is 9.47 Å². The summed E-state index contributed by atoms with van der Waals surface area (Å²) in [5.41, 5.74) is 1.21. The highest BCUT2D eigenvalue weighted by Crippen LogP contribution is 2.22. The van der Waals surface area contributed by atoms with E-state index in [2.05, 4.69) is 26.6 Å². The normalized spacial score (nSPS) is 9.87. The Morgan fingerprint density at radius 1 is 1.00 bits per heavy atom. The quantitative estimate of drug-likeness (QED) is 0.791. The minimum Gasteiger partial charge on any atom is -0.497 e. The lowest BCUT2D eigenvalue weighted by molar-refractivity contribution is 0.0602. The van der Waals surface area contributed by atoms with E-state index < -0.39 is 12.0 Å². The van der Waals surface area contributed by atoms with Crippen LogP contribution in [0.3, 0.4) is 0 Å². The summed E-state index contributed by atoms with van der Waals surface area (Å²) in [4.78, 5) is 23.8.